The minimum Gasteiger partial charge on any atom is -0.494 e. The Bertz CT molecular complexity index is 1220. The summed E-state index contributed by atoms with van der Waals surface area (Å²) in [6.45, 7) is 4.77. The first kappa shape index (κ1) is 30.0. The molecule has 3 rings (SSSR count). The molecule has 0 amide bonds. The van der Waals surface area contributed by atoms with E-state index in [0.29, 0.717) is 24.4 Å². The first-order valence-electron chi connectivity index (χ1n) is 12.1. The number of rotatable bonds is 12. The van der Waals surface area contributed by atoms with E-state index in [4.69, 9.17) is 14.2 Å². The Labute approximate surface area is 233 Å². The minimum atomic E-state index is -4.53. The van der Waals surface area contributed by atoms with Crippen LogP contribution in [0.4, 0.5) is 30.6 Å². The number of aromatic nitrogens is 2. The Hall–Kier alpha value is -3.54. The van der Waals surface area contributed by atoms with Gasteiger partial charge in [-0.25, -0.2) is 4.79 Å². The van der Waals surface area contributed by atoms with Gasteiger partial charge in [-0.1, -0.05) is 28.1 Å². The van der Waals surface area contributed by atoms with E-state index in [9.17, 15) is 18.0 Å². The second-order valence-corrected chi connectivity index (χ2v) is 10.2. The first-order valence-corrected chi connectivity index (χ1v) is 13.2. The average Bonchev–Trinajstić information content (AvgIpc) is 2.86. The normalized spacial score (nSPS) is 11.6. The lowest BCUT2D eigenvalue weighted by Gasteiger charge is -2.19. The summed E-state index contributed by atoms with van der Waals surface area (Å²) in [6, 6.07) is 15.1. The molecule has 1 heterocycles. The van der Waals surface area contributed by atoms with Gasteiger partial charge in [-0.3, -0.25) is 0 Å². The van der Waals surface area contributed by atoms with E-state index >= 15 is 0 Å². The Morgan fingerprint density at radius 2 is 1.67 bits per heavy atom. The molecule has 39 heavy (non-hydrogen) atoms. The molecule has 12 heteroatoms. The molecule has 8 nitrogen and oxygen atoms in total. The van der Waals surface area contributed by atoms with E-state index in [-0.39, 0.29) is 17.6 Å². The second kappa shape index (κ2) is 13.5. The van der Waals surface area contributed by atoms with Crippen LogP contribution in [0, 0.1) is 0 Å². The first-order chi connectivity index (χ1) is 18.4. The maximum Gasteiger partial charge on any atom is 0.422 e. The van der Waals surface area contributed by atoms with Gasteiger partial charge in [0.15, 0.2) is 6.61 Å². The van der Waals surface area contributed by atoms with Crippen molar-refractivity contribution in [2.24, 2.45) is 0 Å². The molecule has 0 unspecified atom stereocenters. The quantitative estimate of drug-likeness (QED) is 0.130. The molecule has 1 aromatic heterocycles. The highest BCUT2D eigenvalue weighted by atomic mass is 79.9. The maximum absolute atomic E-state index is 12.7. The number of carbonyl (C=O) groups is 1. The van der Waals surface area contributed by atoms with Crippen LogP contribution in [0.15, 0.2) is 54.6 Å². The fourth-order valence-electron chi connectivity index (χ4n) is 3.10. The molecular formula is C27H30BrF3N4O4. The zero-order valence-electron chi connectivity index (χ0n) is 21.8. The van der Waals surface area contributed by atoms with Crippen molar-refractivity contribution in [1.82, 2.24) is 9.97 Å². The predicted molar refractivity (Wildman–Crippen MR) is 146 cm³/mol. The summed E-state index contributed by atoms with van der Waals surface area (Å²) in [6.07, 6.45) is -3.64. The number of carbonyl (C=O) groups excluding carboxylic acids is 1. The fraction of sp³-hybridized carbons (Fsp3) is 0.370. The number of esters is 1. The summed E-state index contributed by atoms with van der Waals surface area (Å²) >= 11 is 3.36. The van der Waals surface area contributed by atoms with Crippen LogP contribution in [-0.2, 0) is 11.3 Å². The number of nitrogens with one attached hydrogen (secondary N) is 2. The number of hydrogen-bond donors (Lipinski definition) is 2. The van der Waals surface area contributed by atoms with Crippen molar-refractivity contribution in [2.75, 3.05) is 29.2 Å². The molecule has 2 aromatic carbocycles. The average molecular weight is 611 g/mol. The lowest BCUT2D eigenvalue weighted by molar-refractivity contribution is -0.154. The van der Waals surface area contributed by atoms with Crippen LogP contribution >= 0.6 is 15.9 Å². The lowest BCUT2D eigenvalue weighted by atomic mass is 10.1. The largest absolute Gasteiger partial charge is 0.494 e. The van der Waals surface area contributed by atoms with Gasteiger partial charge >= 0.3 is 12.1 Å². The predicted octanol–water partition coefficient (Wildman–Crippen LogP) is 6.89. The molecule has 0 aliphatic rings. The van der Waals surface area contributed by atoms with Gasteiger partial charge in [0.25, 0.3) is 0 Å². The molecule has 0 atom stereocenters. The minimum absolute atomic E-state index is 0.0118. The van der Waals surface area contributed by atoms with E-state index in [1.807, 2.05) is 24.3 Å². The Balaban J connectivity index is 1.71. The molecule has 0 saturated heterocycles. The van der Waals surface area contributed by atoms with Crippen LogP contribution in [0.1, 0.15) is 43.1 Å². The van der Waals surface area contributed by atoms with E-state index in [0.717, 1.165) is 23.1 Å². The second-order valence-electron chi connectivity index (χ2n) is 9.41. The number of ether oxygens (including phenoxy) is 3. The molecule has 0 fully saturated rings. The Morgan fingerprint density at radius 1 is 0.974 bits per heavy atom. The van der Waals surface area contributed by atoms with E-state index < -0.39 is 24.4 Å². The lowest BCUT2D eigenvalue weighted by Crippen LogP contribution is -2.23. The van der Waals surface area contributed by atoms with Gasteiger partial charge in [0, 0.05) is 23.6 Å². The third kappa shape index (κ3) is 11.0. The van der Waals surface area contributed by atoms with Gasteiger partial charge in [0.2, 0.25) is 11.8 Å². The monoisotopic (exact) mass is 610 g/mol. The third-order valence-corrected chi connectivity index (χ3v) is 5.37. The van der Waals surface area contributed by atoms with Crippen LogP contribution in [0.5, 0.6) is 11.6 Å². The van der Waals surface area contributed by atoms with E-state index in [1.165, 1.54) is 6.07 Å². The van der Waals surface area contributed by atoms with Crippen molar-refractivity contribution in [3.05, 3.63) is 65.7 Å². The number of anilines is 3. The van der Waals surface area contributed by atoms with Crippen molar-refractivity contribution in [3.8, 4) is 11.6 Å². The number of hydrogen-bond acceptors (Lipinski definition) is 8. The zero-order valence-corrected chi connectivity index (χ0v) is 23.4. The molecule has 0 radical (unpaired) electrons. The highest BCUT2D eigenvalue weighted by molar-refractivity contribution is 9.09. The third-order valence-electron chi connectivity index (χ3n) is 4.81. The van der Waals surface area contributed by atoms with Crippen molar-refractivity contribution >= 4 is 39.4 Å². The molecule has 3 aromatic rings. The number of halogens is 4. The van der Waals surface area contributed by atoms with Crippen molar-refractivity contribution in [1.29, 1.82) is 0 Å². The van der Waals surface area contributed by atoms with Crippen LogP contribution < -0.4 is 20.1 Å². The summed E-state index contributed by atoms with van der Waals surface area (Å²) < 4.78 is 54.1. The number of nitrogens with zero attached hydrogens (tertiary/aromatic N) is 2. The summed E-state index contributed by atoms with van der Waals surface area (Å²) in [5, 5.41) is 6.87. The zero-order chi connectivity index (χ0) is 28.5. The SMILES string of the molecule is CC(C)(C)OC(=O)c1ccc(Nc2nc(NCc3ccc(OCCCBr)cc3)cc(OCC(F)(F)F)n2)cc1. The topological polar surface area (TPSA) is 94.6 Å². The highest BCUT2D eigenvalue weighted by Crippen LogP contribution is 2.24. The van der Waals surface area contributed by atoms with Gasteiger partial charge in [0.05, 0.1) is 12.2 Å². The van der Waals surface area contributed by atoms with Crippen LogP contribution in [-0.4, -0.2) is 46.3 Å². The fourth-order valence-corrected chi connectivity index (χ4v) is 3.33. The molecule has 210 valence electrons. The summed E-state index contributed by atoms with van der Waals surface area (Å²) in [5.74, 6) is 0.283. The molecule has 0 spiro atoms. The summed E-state index contributed by atoms with van der Waals surface area (Å²) in [4.78, 5) is 20.6. The molecule has 0 bridgehead atoms. The molecular weight excluding hydrogens is 581 g/mol. The summed E-state index contributed by atoms with van der Waals surface area (Å²) in [7, 11) is 0. The van der Waals surface area contributed by atoms with Gasteiger partial charge in [0.1, 0.15) is 17.2 Å². The van der Waals surface area contributed by atoms with E-state index in [1.54, 1.807) is 45.0 Å². The highest BCUT2D eigenvalue weighted by Gasteiger charge is 2.29. The summed E-state index contributed by atoms with van der Waals surface area (Å²) in [5.41, 5.74) is 1.13. The molecule has 0 aliphatic heterocycles. The molecule has 2 N–H and O–H groups in total. The number of alkyl halides is 4. The number of benzene rings is 2. The van der Waals surface area contributed by atoms with Crippen LogP contribution in [0.25, 0.3) is 0 Å². The van der Waals surface area contributed by atoms with Crippen molar-refractivity contribution in [2.45, 2.75) is 45.5 Å². The van der Waals surface area contributed by atoms with E-state index in [2.05, 4.69) is 36.5 Å². The molecule has 0 aliphatic carbocycles. The molecule has 0 saturated carbocycles. The van der Waals surface area contributed by atoms with Crippen LogP contribution in [0.2, 0.25) is 0 Å². The van der Waals surface area contributed by atoms with Crippen molar-refractivity contribution < 1.29 is 32.2 Å². The van der Waals surface area contributed by atoms with Gasteiger partial charge in [-0.2, -0.15) is 23.1 Å². The van der Waals surface area contributed by atoms with Crippen LogP contribution in [0.3, 0.4) is 0 Å². The Kier molecular flexibility index (Phi) is 10.4. The van der Waals surface area contributed by atoms with Crippen molar-refractivity contribution in [3.63, 3.8) is 0 Å². The van der Waals surface area contributed by atoms with Gasteiger partial charge in [-0.15, -0.1) is 0 Å². The van der Waals surface area contributed by atoms with Gasteiger partial charge < -0.3 is 24.8 Å². The maximum atomic E-state index is 12.7. The van der Waals surface area contributed by atoms with Gasteiger partial charge in [-0.05, 0) is 69.2 Å². The standard InChI is InChI=1S/C27H30BrF3N4O4/c1-26(2,3)39-24(36)19-7-9-20(10-8-19)33-25-34-22(15-23(35-25)38-17-27(29,30)31)32-16-18-5-11-21(12-6-18)37-14-4-13-28/h5-12,15H,4,13-14,16-17H2,1-3H3,(H2,32,33,34,35). The smallest absolute Gasteiger partial charge is 0.422 e. The Morgan fingerprint density at radius 3 is 2.28 bits per heavy atom.